The first-order chi connectivity index (χ1) is 6.69. The Morgan fingerprint density at radius 2 is 2.29 bits per heavy atom. The van der Waals surface area contributed by atoms with E-state index in [1.165, 1.54) is 12.1 Å². The smallest absolute Gasteiger partial charge is 0.335 e. The van der Waals surface area contributed by atoms with Crippen LogP contribution >= 0.6 is 0 Å². The summed E-state index contributed by atoms with van der Waals surface area (Å²) in [5.41, 5.74) is 10.0. The minimum Gasteiger partial charge on any atom is -0.706 e. The van der Waals surface area contributed by atoms with Gasteiger partial charge in [-0.05, 0) is 24.1 Å². The van der Waals surface area contributed by atoms with E-state index in [4.69, 9.17) is 10.6 Å². The van der Waals surface area contributed by atoms with Crippen LogP contribution in [-0.4, -0.2) is 11.1 Å². The lowest BCUT2D eigenvalue weighted by atomic mass is 10.1. The maximum absolute atomic E-state index is 10.6. The van der Waals surface area contributed by atoms with Gasteiger partial charge in [-0.3, -0.25) is 0 Å². The van der Waals surface area contributed by atoms with E-state index in [0.29, 0.717) is 5.69 Å². The van der Waals surface area contributed by atoms with Crippen LogP contribution in [0.5, 0.6) is 0 Å². The van der Waals surface area contributed by atoms with Crippen LogP contribution in [0.25, 0.3) is 5.53 Å². The molecule has 0 bridgehead atoms. The van der Waals surface area contributed by atoms with Crippen LogP contribution in [0, 0.1) is 0 Å². The molecule has 4 heteroatoms. The second-order valence-corrected chi connectivity index (χ2v) is 3.00. The summed E-state index contributed by atoms with van der Waals surface area (Å²) in [5, 5.41) is 11.8. The minimum atomic E-state index is -1.02. The molecule has 74 valence electrons. The van der Waals surface area contributed by atoms with Gasteiger partial charge in [0.05, 0.1) is 5.56 Å². The topological polar surface area (TPSA) is 72.0 Å². The van der Waals surface area contributed by atoms with Crippen molar-refractivity contribution >= 4 is 11.7 Å². The number of hydrogen-bond donors (Lipinski definition) is 1. The summed E-state index contributed by atoms with van der Waals surface area (Å²) in [7, 11) is 0. The van der Waals surface area contributed by atoms with Crippen molar-refractivity contribution in [1.29, 1.82) is 0 Å². The van der Waals surface area contributed by atoms with Crippen molar-refractivity contribution in [2.75, 3.05) is 0 Å². The number of hydrogen-bond acceptors (Lipinski definition) is 2. The first-order valence-corrected chi connectivity index (χ1v) is 4.40. The molecule has 0 spiro atoms. The van der Waals surface area contributed by atoms with Gasteiger partial charge < -0.3 is 15.8 Å². The monoisotopic (exact) mass is 191 g/mol. The molecule has 0 radical (unpaired) electrons. The summed E-state index contributed by atoms with van der Waals surface area (Å²) in [5.74, 6) is -1.02. The summed E-state index contributed by atoms with van der Waals surface area (Å²) in [6, 6.07) is 4.57. The molecule has 0 aliphatic rings. The van der Waals surface area contributed by atoms with E-state index >= 15 is 0 Å². The highest BCUT2D eigenvalue weighted by atomic mass is 16.4. The van der Waals surface area contributed by atoms with E-state index in [2.05, 4.69) is 5.11 Å². The fourth-order valence-corrected chi connectivity index (χ4v) is 1.27. The summed E-state index contributed by atoms with van der Waals surface area (Å²) in [6.07, 6.45) is 1.70. The van der Waals surface area contributed by atoms with Gasteiger partial charge in [0.1, 0.15) is 0 Å². The maximum atomic E-state index is 10.6. The third kappa shape index (κ3) is 2.16. The Morgan fingerprint density at radius 3 is 2.79 bits per heavy atom. The Balaban J connectivity index is 3.11. The van der Waals surface area contributed by atoms with E-state index < -0.39 is 5.97 Å². The van der Waals surface area contributed by atoms with Crippen molar-refractivity contribution < 1.29 is 9.90 Å². The highest BCUT2D eigenvalue weighted by molar-refractivity contribution is 5.88. The quantitative estimate of drug-likeness (QED) is 0.743. The number of rotatable bonds is 4. The molecule has 1 N–H and O–H groups in total. The predicted molar refractivity (Wildman–Crippen MR) is 52.8 cm³/mol. The molecule has 0 aromatic heterocycles. The average Bonchev–Trinajstić information content (AvgIpc) is 2.18. The molecule has 0 saturated heterocycles. The van der Waals surface area contributed by atoms with Crippen LogP contribution < -0.4 is 0 Å². The average molecular weight is 191 g/mol. The van der Waals surface area contributed by atoms with Crippen LogP contribution in [-0.2, 0) is 6.42 Å². The van der Waals surface area contributed by atoms with Gasteiger partial charge in [-0.1, -0.05) is 19.4 Å². The maximum Gasteiger partial charge on any atom is 0.335 e. The van der Waals surface area contributed by atoms with Crippen molar-refractivity contribution in [3.05, 3.63) is 34.9 Å². The summed E-state index contributed by atoms with van der Waals surface area (Å²) in [4.78, 5) is 10.6. The van der Waals surface area contributed by atoms with Gasteiger partial charge in [0.25, 0.3) is 0 Å². The molecule has 0 fully saturated rings. The molecule has 0 saturated carbocycles. The molecule has 0 amide bonds. The second kappa shape index (κ2) is 4.50. The van der Waals surface area contributed by atoms with E-state index in [0.717, 1.165) is 18.4 Å². The molecule has 0 aliphatic heterocycles. The highest BCUT2D eigenvalue weighted by Gasteiger charge is 2.05. The molecule has 0 unspecified atom stereocenters. The Bertz CT molecular complexity index is 361. The van der Waals surface area contributed by atoms with Crippen LogP contribution in [0.1, 0.15) is 29.3 Å². The van der Waals surface area contributed by atoms with Gasteiger partial charge in [0.15, 0.2) is 0 Å². The Labute approximate surface area is 82.1 Å². The summed E-state index contributed by atoms with van der Waals surface area (Å²) < 4.78 is 0. The first kappa shape index (κ1) is 10.4. The number of aromatic carboxylic acids is 1. The normalized spacial score (nSPS) is 9.79. The van der Waals surface area contributed by atoms with E-state index in [1.54, 1.807) is 6.07 Å². The van der Waals surface area contributed by atoms with Gasteiger partial charge in [0, 0.05) is 5.69 Å². The highest BCUT2D eigenvalue weighted by Crippen LogP contribution is 2.22. The molecule has 4 nitrogen and oxygen atoms in total. The number of benzene rings is 1. The van der Waals surface area contributed by atoms with Crippen molar-refractivity contribution in [3.63, 3.8) is 0 Å². The van der Waals surface area contributed by atoms with Crippen LogP contribution in [0.4, 0.5) is 5.69 Å². The van der Waals surface area contributed by atoms with Crippen LogP contribution in [0.15, 0.2) is 23.3 Å². The fraction of sp³-hybridized carbons (Fsp3) is 0.300. The first-order valence-electron chi connectivity index (χ1n) is 4.40. The second-order valence-electron chi connectivity index (χ2n) is 3.00. The lowest BCUT2D eigenvalue weighted by Crippen LogP contribution is -1.96. The summed E-state index contributed by atoms with van der Waals surface area (Å²) >= 11 is 0. The lowest BCUT2D eigenvalue weighted by Gasteiger charge is -2.07. The molecule has 1 aromatic carbocycles. The predicted octanol–water partition coefficient (Wildman–Crippen LogP) is 2.99. The molecular formula is C10H11N2O2-. The molecule has 1 rings (SSSR count). The largest absolute Gasteiger partial charge is 0.706 e. The molecule has 0 aliphatic carbocycles. The number of carbonyl (C=O) groups is 1. The molecule has 0 heterocycles. The molecular weight excluding hydrogens is 180 g/mol. The van der Waals surface area contributed by atoms with Gasteiger partial charge >= 0.3 is 5.97 Å². The van der Waals surface area contributed by atoms with E-state index in [-0.39, 0.29) is 5.56 Å². The minimum absolute atomic E-state index is 0.137. The third-order valence-corrected chi connectivity index (χ3v) is 1.96. The SMILES string of the molecule is CCCc1ccc(C(=O)O)cc1N=[N-]. The zero-order valence-corrected chi connectivity index (χ0v) is 7.90. The number of carboxylic acid groups (broad SMARTS) is 1. The molecule has 14 heavy (non-hydrogen) atoms. The van der Waals surface area contributed by atoms with Gasteiger partial charge in [0.2, 0.25) is 0 Å². The van der Waals surface area contributed by atoms with Gasteiger partial charge in [-0.15, -0.1) is 0 Å². The molecule has 0 atom stereocenters. The number of nitrogens with zero attached hydrogens (tertiary/aromatic N) is 2. The van der Waals surface area contributed by atoms with Crippen molar-refractivity contribution in [1.82, 2.24) is 0 Å². The van der Waals surface area contributed by atoms with Crippen molar-refractivity contribution in [3.8, 4) is 0 Å². The van der Waals surface area contributed by atoms with E-state index in [9.17, 15) is 4.79 Å². The van der Waals surface area contributed by atoms with Crippen LogP contribution in [0.3, 0.4) is 0 Å². The van der Waals surface area contributed by atoms with Gasteiger partial charge in [-0.2, -0.15) is 0 Å². The van der Waals surface area contributed by atoms with Crippen molar-refractivity contribution in [2.24, 2.45) is 5.11 Å². The fourth-order valence-electron chi connectivity index (χ4n) is 1.27. The van der Waals surface area contributed by atoms with E-state index in [1.807, 2.05) is 6.92 Å². The standard InChI is InChI=1S/C10H11N2O2/c1-2-3-7-4-5-8(10(13)14)6-9(7)12-11/h4-6H,2-3H2,1H3,(H,13,14)/q-1. The van der Waals surface area contributed by atoms with Crippen molar-refractivity contribution in [2.45, 2.75) is 19.8 Å². The lowest BCUT2D eigenvalue weighted by molar-refractivity contribution is 0.0697. The number of aryl methyl sites for hydroxylation is 1. The van der Waals surface area contributed by atoms with Crippen LogP contribution in [0.2, 0.25) is 0 Å². The number of carboxylic acids is 1. The summed E-state index contributed by atoms with van der Waals surface area (Å²) in [6.45, 7) is 2.01. The Hall–Kier alpha value is -1.71. The zero-order valence-electron chi connectivity index (χ0n) is 7.90. The Morgan fingerprint density at radius 1 is 1.57 bits per heavy atom. The third-order valence-electron chi connectivity index (χ3n) is 1.96. The van der Waals surface area contributed by atoms with Gasteiger partial charge in [-0.25, -0.2) is 4.79 Å². The zero-order chi connectivity index (χ0) is 10.6. The Kier molecular flexibility index (Phi) is 3.34. The molecule has 1 aromatic rings.